The molecule has 1 aromatic rings. The Morgan fingerprint density at radius 3 is 2.53 bits per heavy atom. The molecule has 0 aliphatic heterocycles. The number of ether oxygens (including phenoxy) is 1. The number of rotatable bonds is 6. The highest BCUT2D eigenvalue weighted by Gasteiger charge is 2.09. The van der Waals surface area contributed by atoms with Gasteiger partial charge in [0.1, 0.15) is 5.75 Å². The van der Waals surface area contributed by atoms with Gasteiger partial charge < -0.3 is 15.4 Å². The lowest BCUT2D eigenvalue weighted by Gasteiger charge is -2.22. The highest BCUT2D eigenvalue weighted by molar-refractivity contribution is 5.35. The first-order chi connectivity index (χ1) is 8.04. The molecular formula is C14H24N2O. The van der Waals surface area contributed by atoms with Gasteiger partial charge in [0.25, 0.3) is 0 Å². The summed E-state index contributed by atoms with van der Waals surface area (Å²) < 4.78 is 5.79. The molecule has 0 aromatic heterocycles. The van der Waals surface area contributed by atoms with Crippen molar-refractivity contribution in [2.24, 2.45) is 5.73 Å². The third kappa shape index (κ3) is 4.36. The fourth-order valence-corrected chi connectivity index (χ4v) is 1.85. The fourth-order valence-electron chi connectivity index (χ4n) is 1.85. The van der Waals surface area contributed by atoms with E-state index in [-0.39, 0.29) is 0 Å². The van der Waals surface area contributed by atoms with E-state index in [9.17, 15) is 0 Å². The van der Waals surface area contributed by atoms with Gasteiger partial charge in [-0.25, -0.2) is 0 Å². The van der Waals surface area contributed by atoms with Crippen LogP contribution >= 0.6 is 0 Å². The maximum Gasteiger partial charge on any atom is 0.122 e. The van der Waals surface area contributed by atoms with Crippen LogP contribution in [0.4, 0.5) is 0 Å². The Morgan fingerprint density at radius 2 is 2.00 bits per heavy atom. The summed E-state index contributed by atoms with van der Waals surface area (Å²) in [6, 6.07) is 6.65. The Labute approximate surface area is 105 Å². The molecule has 0 bridgehead atoms. The van der Waals surface area contributed by atoms with Gasteiger partial charge in [-0.15, -0.1) is 0 Å². The predicted octanol–water partition coefficient (Wildman–Crippen LogP) is 1.96. The summed E-state index contributed by atoms with van der Waals surface area (Å²) in [7, 11) is 4.10. The van der Waals surface area contributed by atoms with Crippen LogP contribution in [0.5, 0.6) is 5.75 Å². The molecule has 2 N–H and O–H groups in total. The molecule has 0 saturated heterocycles. The molecule has 1 unspecified atom stereocenters. The predicted molar refractivity (Wildman–Crippen MR) is 72.6 cm³/mol. The van der Waals surface area contributed by atoms with Crippen molar-refractivity contribution < 1.29 is 4.74 Å². The van der Waals surface area contributed by atoms with E-state index in [2.05, 4.69) is 45.0 Å². The number of nitrogens with zero attached hydrogens (tertiary/aromatic N) is 1. The van der Waals surface area contributed by atoms with E-state index in [1.807, 2.05) is 6.07 Å². The van der Waals surface area contributed by atoms with Crippen molar-refractivity contribution >= 4 is 0 Å². The van der Waals surface area contributed by atoms with Crippen LogP contribution in [-0.2, 0) is 0 Å². The van der Waals surface area contributed by atoms with Crippen LogP contribution in [0.25, 0.3) is 0 Å². The molecule has 1 rings (SSSR count). The van der Waals surface area contributed by atoms with Gasteiger partial charge in [-0.2, -0.15) is 0 Å². The standard InChI is InChI=1S/C14H24N2O/c1-11-5-6-14(12(2)9-11)17-8-7-13(10-15)16(3)4/h5-6,9,13H,7-8,10,15H2,1-4H3. The summed E-state index contributed by atoms with van der Waals surface area (Å²) in [5.74, 6) is 0.977. The number of hydrogen-bond acceptors (Lipinski definition) is 3. The average Bonchev–Trinajstić information content (AvgIpc) is 2.26. The monoisotopic (exact) mass is 236 g/mol. The SMILES string of the molecule is Cc1ccc(OCCC(CN)N(C)C)c(C)c1. The summed E-state index contributed by atoms with van der Waals surface area (Å²) in [6.07, 6.45) is 0.955. The fraction of sp³-hybridized carbons (Fsp3) is 0.571. The van der Waals surface area contributed by atoms with Crippen LogP contribution < -0.4 is 10.5 Å². The van der Waals surface area contributed by atoms with Gasteiger partial charge in [-0.05, 0) is 46.0 Å². The number of benzene rings is 1. The second-order valence-corrected chi connectivity index (χ2v) is 4.76. The molecule has 1 aromatic carbocycles. The number of nitrogens with two attached hydrogens (primary N) is 1. The lowest BCUT2D eigenvalue weighted by atomic mass is 10.1. The van der Waals surface area contributed by atoms with Gasteiger partial charge in [0, 0.05) is 12.6 Å². The normalized spacial score (nSPS) is 12.8. The smallest absolute Gasteiger partial charge is 0.122 e. The third-order valence-corrected chi connectivity index (χ3v) is 3.04. The Bertz CT molecular complexity index is 350. The largest absolute Gasteiger partial charge is 0.493 e. The van der Waals surface area contributed by atoms with Crippen molar-refractivity contribution in [1.82, 2.24) is 4.90 Å². The maximum atomic E-state index is 5.79. The van der Waals surface area contributed by atoms with Gasteiger partial charge >= 0.3 is 0 Å². The lowest BCUT2D eigenvalue weighted by Crippen LogP contribution is -2.36. The Balaban J connectivity index is 2.45. The van der Waals surface area contributed by atoms with Gasteiger partial charge in [-0.3, -0.25) is 0 Å². The van der Waals surface area contributed by atoms with E-state index in [1.54, 1.807) is 0 Å². The number of aryl methyl sites for hydroxylation is 2. The van der Waals surface area contributed by atoms with E-state index < -0.39 is 0 Å². The zero-order chi connectivity index (χ0) is 12.8. The number of hydrogen-bond donors (Lipinski definition) is 1. The van der Waals surface area contributed by atoms with E-state index in [0.29, 0.717) is 19.2 Å². The van der Waals surface area contributed by atoms with Crippen molar-refractivity contribution in [3.05, 3.63) is 29.3 Å². The second-order valence-electron chi connectivity index (χ2n) is 4.76. The highest BCUT2D eigenvalue weighted by atomic mass is 16.5. The first-order valence-corrected chi connectivity index (χ1v) is 6.11. The minimum absolute atomic E-state index is 0.390. The van der Waals surface area contributed by atoms with Gasteiger partial charge in [0.05, 0.1) is 6.61 Å². The van der Waals surface area contributed by atoms with E-state index in [1.165, 1.54) is 11.1 Å². The van der Waals surface area contributed by atoms with Crippen molar-refractivity contribution in [3.8, 4) is 5.75 Å². The molecule has 0 aliphatic rings. The quantitative estimate of drug-likeness (QED) is 0.820. The van der Waals surface area contributed by atoms with Crippen LogP contribution in [0, 0.1) is 13.8 Å². The molecule has 3 nitrogen and oxygen atoms in total. The van der Waals surface area contributed by atoms with E-state index in [0.717, 1.165) is 12.2 Å². The Hall–Kier alpha value is -1.06. The van der Waals surface area contributed by atoms with Crippen LogP contribution in [0.1, 0.15) is 17.5 Å². The Morgan fingerprint density at radius 1 is 1.29 bits per heavy atom. The molecule has 0 aliphatic carbocycles. The zero-order valence-electron chi connectivity index (χ0n) is 11.4. The van der Waals surface area contributed by atoms with Crippen molar-refractivity contribution in [2.75, 3.05) is 27.2 Å². The molecule has 0 heterocycles. The van der Waals surface area contributed by atoms with Crippen LogP contribution in [-0.4, -0.2) is 38.2 Å². The second kappa shape index (κ2) is 6.62. The summed E-state index contributed by atoms with van der Waals surface area (Å²) >= 11 is 0. The topological polar surface area (TPSA) is 38.5 Å². The first-order valence-electron chi connectivity index (χ1n) is 6.11. The lowest BCUT2D eigenvalue weighted by molar-refractivity contribution is 0.225. The molecule has 0 spiro atoms. The molecule has 17 heavy (non-hydrogen) atoms. The molecule has 96 valence electrons. The summed E-state index contributed by atoms with van der Waals surface area (Å²) in [4.78, 5) is 2.14. The molecule has 1 atom stereocenters. The minimum Gasteiger partial charge on any atom is -0.493 e. The zero-order valence-corrected chi connectivity index (χ0v) is 11.4. The number of likely N-dealkylation sites (N-methyl/N-ethyl adjacent to an activating group) is 1. The minimum atomic E-state index is 0.390. The van der Waals surface area contributed by atoms with Crippen LogP contribution in [0.15, 0.2) is 18.2 Å². The van der Waals surface area contributed by atoms with E-state index in [4.69, 9.17) is 10.5 Å². The summed E-state index contributed by atoms with van der Waals surface area (Å²) in [5, 5.41) is 0. The van der Waals surface area contributed by atoms with Gasteiger partial charge in [0.2, 0.25) is 0 Å². The van der Waals surface area contributed by atoms with Gasteiger partial charge in [0.15, 0.2) is 0 Å². The van der Waals surface area contributed by atoms with Gasteiger partial charge in [-0.1, -0.05) is 17.7 Å². The maximum absolute atomic E-state index is 5.79. The third-order valence-electron chi connectivity index (χ3n) is 3.04. The highest BCUT2D eigenvalue weighted by Crippen LogP contribution is 2.19. The molecule has 3 heteroatoms. The molecule has 0 amide bonds. The summed E-state index contributed by atoms with van der Waals surface area (Å²) in [5.41, 5.74) is 8.17. The first kappa shape index (κ1) is 14.0. The summed E-state index contributed by atoms with van der Waals surface area (Å²) in [6.45, 7) is 5.55. The van der Waals surface area contributed by atoms with Crippen LogP contribution in [0.2, 0.25) is 0 Å². The molecular weight excluding hydrogens is 212 g/mol. The average molecular weight is 236 g/mol. The van der Waals surface area contributed by atoms with Crippen LogP contribution in [0.3, 0.4) is 0 Å². The molecule has 0 fully saturated rings. The van der Waals surface area contributed by atoms with E-state index >= 15 is 0 Å². The van der Waals surface area contributed by atoms with Crippen molar-refractivity contribution in [1.29, 1.82) is 0 Å². The van der Waals surface area contributed by atoms with Crippen molar-refractivity contribution in [2.45, 2.75) is 26.3 Å². The Kier molecular flexibility index (Phi) is 5.45. The molecule has 0 radical (unpaired) electrons. The molecule has 0 saturated carbocycles. The van der Waals surface area contributed by atoms with Crippen molar-refractivity contribution in [3.63, 3.8) is 0 Å².